The van der Waals surface area contributed by atoms with Crippen molar-refractivity contribution in [1.82, 2.24) is 0 Å². The Morgan fingerprint density at radius 3 is 2.81 bits per heavy atom. The van der Waals surface area contributed by atoms with Gasteiger partial charge in [0.2, 0.25) is 0 Å². The molecular formula is C14H10O2. The lowest BCUT2D eigenvalue weighted by atomic mass is 9.93. The van der Waals surface area contributed by atoms with Crippen LogP contribution in [0.4, 0.5) is 0 Å². The average molecular weight is 210 g/mol. The summed E-state index contributed by atoms with van der Waals surface area (Å²) >= 11 is 0. The monoisotopic (exact) mass is 210 g/mol. The Kier molecular flexibility index (Phi) is 1.90. The third kappa shape index (κ3) is 1.34. The van der Waals surface area contributed by atoms with Crippen LogP contribution in [0.5, 0.6) is 0 Å². The van der Waals surface area contributed by atoms with Gasteiger partial charge in [-0.15, -0.1) is 0 Å². The minimum Gasteiger partial charge on any atom is -0.299 e. The summed E-state index contributed by atoms with van der Waals surface area (Å²) in [5.74, 6) is 0.288. The first-order chi connectivity index (χ1) is 7.74. The lowest BCUT2D eigenvalue weighted by molar-refractivity contribution is -0.117. The van der Waals surface area contributed by atoms with Crippen LogP contribution in [0.15, 0.2) is 24.3 Å². The van der Waals surface area contributed by atoms with Gasteiger partial charge in [-0.3, -0.25) is 9.59 Å². The molecule has 0 aliphatic heterocycles. The lowest BCUT2D eigenvalue weighted by Gasteiger charge is -2.10. The van der Waals surface area contributed by atoms with E-state index in [1.165, 1.54) is 0 Å². The van der Waals surface area contributed by atoms with Crippen molar-refractivity contribution in [2.24, 2.45) is 0 Å². The molecule has 16 heavy (non-hydrogen) atoms. The summed E-state index contributed by atoms with van der Waals surface area (Å²) in [5, 5.41) is 1.96. The van der Waals surface area contributed by atoms with Gasteiger partial charge < -0.3 is 0 Å². The number of hydrogen-bond donors (Lipinski definition) is 0. The third-order valence-electron chi connectivity index (χ3n) is 3.04. The zero-order valence-corrected chi connectivity index (χ0v) is 8.69. The van der Waals surface area contributed by atoms with E-state index in [0.29, 0.717) is 12.8 Å². The first-order valence-corrected chi connectivity index (χ1v) is 5.31. The molecule has 78 valence electrons. The maximum Gasteiger partial charge on any atom is 0.186 e. The van der Waals surface area contributed by atoms with Gasteiger partial charge in [0.05, 0.1) is 0 Å². The molecule has 2 nitrogen and oxygen atoms in total. The van der Waals surface area contributed by atoms with Gasteiger partial charge in [0.25, 0.3) is 0 Å². The highest BCUT2D eigenvalue weighted by Gasteiger charge is 2.13. The predicted octanol–water partition coefficient (Wildman–Crippen LogP) is 0.515. The zero-order chi connectivity index (χ0) is 11.1. The number of benzene rings is 1. The summed E-state index contributed by atoms with van der Waals surface area (Å²) in [6.07, 6.45) is 8.13. The Hall–Kier alpha value is -1.96. The average Bonchev–Trinajstić information content (AvgIpc) is 2.27. The van der Waals surface area contributed by atoms with Gasteiger partial charge in [0, 0.05) is 18.4 Å². The van der Waals surface area contributed by atoms with Crippen LogP contribution in [0.2, 0.25) is 0 Å². The molecule has 0 radical (unpaired) electrons. The van der Waals surface area contributed by atoms with Crippen molar-refractivity contribution < 1.29 is 9.59 Å². The Morgan fingerprint density at radius 2 is 1.94 bits per heavy atom. The van der Waals surface area contributed by atoms with Crippen molar-refractivity contribution in [2.75, 3.05) is 0 Å². The molecule has 1 aromatic carbocycles. The van der Waals surface area contributed by atoms with Crippen molar-refractivity contribution in [1.29, 1.82) is 0 Å². The van der Waals surface area contributed by atoms with Crippen molar-refractivity contribution in [2.45, 2.75) is 12.8 Å². The van der Waals surface area contributed by atoms with Gasteiger partial charge in [-0.05, 0) is 34.2 Å². The normalized spacial score (nSPS) is 17.2. The van der Waals surface area contributed by atoms with Crippen LogP contribution in [0, 0.1) is 0 Å². The van der Waals surface area contributed by atoms with Crippen LogP contribution in [-0.2, 0) is 11.2 Å². The number of Topliss-reactive ketones (excluding diaryl/α,β-unsaturated/α-hetero) is 1. The number of fused-ring (bicyclic) bond motifs is 2. The summed E-state index contributed by atoms with van der Waals surface area (Å²) < 4.78 is 0. The second-order valence-corrected chi connectivity index (χ2v) is 4.15. The third-order valence-corrected chi connectivity index (χ3v) is 3.04. The van der Waals surface area contributed by atoms with Crippen LogP contribution in [0.25, 0.3) is 12.2 Å². The fourth-order valence-corrected chi connectivity index (χ4v) is 2.21. The summed E-state index contributed by atoms with van der Waals surface area (Å²) in [5.41, 5.74) is 1.78. The second kappa shape index (κ2) is 3.27. The molecular weight excluding hydrogens is 200 g/mol. The molecule has 2 aliphatic rings. The Bertz CT molecular complexity index is 648. The van der Waals surface area contributed by atoms with E-state index >= 15 is 0 Å². The number of rotatable bonds is 0. The Morgan fingerprint density at radius 1 is 1.06 bits per heavy atom. The van der Waals surface area contributed by atoms with E-state index in [0.717, 1.165) is 21.6 Å². The van der Waals surface area contributed by atoms with Gasteiger partial charge in [-0.25, -0.2) is 0 Å². The van der Waals surface area contributed by atoms with Crippen molar-refractivity contribution in [3.05, 3.63) is 45.8 Å². The van der Waals surface area contributed by atoms with Gasteiger partial charge in [0.1, 0.15) is 5.78 Å². The highest BCUT2D eigenvalue weighted by molar-refractivity contribution is 6.07. The van der Waals surface area contributed by atoms with Crippen LogP contribution in [0.1, 0.15) is 22.3 Å². The first-order valence-electron chi connectivity index (χ1n) is 5.31. The second-order valence-electron chi connectivity index (χ2n) is 4.15. The summed E-state index contributed by atoms with van der Waals surface area (Å²) in [6, 6.07) is 3.86. The number of hydrogen-bond acceptors (Lipinski definition) is 2. The molecule has 0 heterocycles. The molecule has 0 aromatic heterocycles. The van der Waals surface area contributed by atoms with E-state index in [1.54, 1.807) is 12.2 Å². The molecule has 0 saturated heterocycles. The largest absolute Gasteiger partial charge is 0.299 e. The molecule has 1 aromatic rings. The van der Waals surface area contributed by atoms with E-state index in [9.17, 15) is 9.59 Å². The molecule has 0 fully saturated rings. The molecule has 0 saturated carbocycles. The van der Waals surface area contributed by atoms with E-state index in [-0.39, 0.29) is 11.6 Å². The van der Waals surface area contributed by atoms with E-state index in [1.807, 2.05) is 24.3 Å². The number of ketones is 2. The summed E-state index contributed by atoms with van der Waals surface area (Å²) in [7, 11) is 0. The standard InChI is InChI=1S/C14H10O2/c15-12-5-4-9-8-13-10(6-11(9)7-12)2-1-3-14(13)16/h1-4,6,8H,5,7H2. The zero-order valence-electron chi connectivity index (χ0n) is 8.69. The molecule has 3 rings (SSSR count). The molecule has 0 atom stereocenters. The smallest absolute Gasteiger partial charge is 0.186 e. The quantitative estimate of drug-likeness (QED) is 0.625. The highest BCUT2D eigenvalue weighted by atomic mass is 16.1. The maximum atomic E-state index is 11.6. The topological polar surface area (TPSA) is 34.1 Å². The summed E-state index contributed by atoms with van der Waals surface area (Å²) in [4.78, 5) is 23.0. The molecule has 0 bridgehead atoms. The van der Waals surface area contributed by atoms with E-state index in [4.69, 9.17) is 0 Å². The van der Waals surface area contributed by atoms with Gasteiger partial charge >= 0.3 is 0 Å². The number of allylic oxidation sites excluding steroid dienone is 2. The summed E-state index contributed by atoms with van der Waals surface area (Å²) in [6.45, 7) is 0. The van der Waals surface area contributed by atoms with Crippen molar-refractivity contribution >= 4 is 23.7 Å². The highest BCUT2D eigenvalue weighted by Crippen LogP contribution is 2.06. The molecule has 0 N–H and O–H groups in total. The van der Waals surface area contributed by atoms with Gasteiger partial charge in [-0.2, -0.15) is 0 Å². The number of carbonyl (C=O) groups excluding carboxylic acids is 2. The molecule has 0 unspecified atom stereocenters. The van der Waals surface area contributed by atoms with Crippen LogP contribution >= 0.6 is 0 Å². The predicted molar refractivity (Wildman–Crippen MR) is 61.4 cm³/mol. The fourth-order valence-electron chi connectivity index (χ4n) is 2.21. The van der Waals surface area contributed by atoms with E-state index < -0.39 is 0 Å². The minimum absolute atomic E-state index is 0.0469. The minimum atomic E-state index is 0.0469. The van der Waals surface area contributed by atoms with Crippen molar-refractivity contribution in [3.8, 4) is 0 Å². The van der Waals surface area contributed by atoms with Crippen LogP contribution in [-0.4, -0.2) is 11.6 Å². The Balaban J connectivity index is 2.32. The first kappa shape index (κ1) is 9.28. The SMILES string of the molecule is O=C1CC=c2cc3c(cc2C1)=CC=CC3=O. The fraction of sp³-hybridized carbons (Fsp3) is 0.143. The van der Waals surface area contributed by atoms with E-state index in [2.05, 4.69) is 0 Å². The Labute approximate surface area is 92.6 Å². The number of carbonyl (C=O) groups is 2. The molecule has 0 amide bonds. The van der Waals surface area contributed by atoms with Crippen LogP contribution < -0.4 is 10.4 Å². The van der Waals surface area contributed by atoms with Gasteiger partial charge in [-0.1, -0.05) is 18.2 Å². The van der Waals surface area contributed by atoms with Crippen molar-refractivity contribution in [3.63, 3.8) is 0 Å². The van der Waals surface area contributed by atoms with Gasteiger partial charge in [0.15, 0.2) is 5.78 Å². The molecule has 2 aliphatic carbocycles. The molecule has 0 spiro atoms. The molecule has 2 heteroatoms. The lowest BCUT2D eigenvalue weighted by Crippen LogP contribution is -2.27. The maximum absolute atomic E-state index is 11.6. The van der Waals surface area contributed by atoms with Crippen LogP contribution in [0.3, 0.4) is 0 Å².